The zero-order valence-electron chi connectivity index (χ0n) is 11.9. The van der Waals surface area contributed by atoms with Crippen molar-refractivity contribution in [3.8, 4) is 11.4 Å². The molecule has 21 heavy (non-hydrogen) atoms. The fourth-order valence-electron chi connectivity index (χ4n) is 2.70. The molecule has 7 heteroatoms. The van der Waals surface area contributed by atoms with E-state index in [1.165, 1.54) is 12.1 Å². The number of piperazine rings is 1. The molecule has 3 rings (SSSR count). The predicted octanol–water partition coefficient (Wildman–Crippen LogP) is 2.56. The van der Waals surface area contributed by atoms with E-state index in [1.807, 2.05) is 6.07 Å². The molecular formula is C14H17BrFN5. The zero-order chi connectivity index (χ0) is 15.0. The van der Waals surface area contributed by atoms with Crippen molar-refractivity contribution in [3.05, 3.63) is 28.5 Å². The number of benzene rings is 1. The van der Waals surface area contributed by atoms with E-state index in [0.29, 0.717) is 33.9 Å². The van der Waals surface area contributed by atoms with Gasteiger partial charge in [0.25, 0.3) is 0 Å². The fourth-order valence-corrected chi connectivity index (χ4v) is 3.17. The minimum absolute atomic E-state index is 0.304. The Labute approximate surface area is 131 Å². The number of nitrogens with one attached hydrogen (secondary N) is 2. The van der Waals surface area contributed by atoms with Crippen molar-refractivity contribution in [2.45, 2.75) is 25.9 Å². The minimum atomic E-state index is -0.304. The summed E-state index contributed by atoms with van der Waals surface area (Å²) < 4.78 is 14.1. The third-order valence-electron chi connectivity index (χ3n) is 3.45. The summed E-state index contributed by atoms with van der Waals surface area (Å²) in [6.07, 6.45) is 0. The second-order valence-corrected chi connectivity index (χ2v) is 6.43. The first-order valence-electron chi connectivity index (χ1n) is 6.91. The molecule has 112 valence electrons. The van der Waals surface area contributed by atoms with Crippen LogP contribution in [0.25, 0.3) is 11.4 Å². The van der Waals surface area contributed by atoms with Gasteiger partial charge in [0.15, 0.2) is 5.82 Å². The summed E-state index contributed by atoms with van der Waals surface area (Å²) in [6.45, 7) is 5.99. The maximum atomic E-state index is 13.5. The van der Waals surface area contributed by atoms with Crippen LogP contribution in [0, 0.1) is 5.82 Å². The van der Waals surface area contributed by atoms with Crippen LogP contribution in [0.3, 0.4) is 0 Å². The van der Waals surface area contributed by atoms with Crippen molar-refractivity contribution in [1.29, 1.82) is 0 Å². The topological polar surface area (TPSA) is 56.8 Å². The molecule has 2 N–H and O–H groups in total. The van der Waals surface area contributed by atoms with Gasteiger partial charge < -0.3 is 10.2 Å². The zero-order valence-corrected chi connectivity index (χ0v) is 13.5. The van der Waals surface area contributed by atoms with Gasteiger partial charge in [0.1, 0.15) is 5.82 Å². The van der Waals surface area contributed by atoms with Crippen LogP contribution >= 0.6 is 15.9 Å². The standard InChI is InChI=1S/C14H17BrFN5/c1-8-6-21(7-9(2)17-8)14-18-13(19-20-14)10-3-11(15)5-12(16)4-10/h3-5,8-9,17H,6-7H2,1-2H3,(H,18,19,20). The number of rotatable bonds is 2. The molecule has 0 saturated carbocycles. The molecule has 1 saturated heterocycles. The summed E-state index contributed by atoms with van der Waals surface area (Å²) in [5.41, 5.74) is 0.678. The van der Waals surface area contributed by atoms with Gasteiger partial charge in [-0.1, -0.05) is 15.9 Å². The highest BCUT2D eigenvalue weighted by molar-refractivity contribution is 9.10. The van der Waals surface area contributed by atoms with E-state index in [4.69, 9.17) is 0 Å². The van der Waals surface area contributed by atoms with Crippen LogP contribution in [0.15, 0.2) is 22.7 Å². The van der Waals surface area contributed by atoms with Crippen LogP contribution in [0.4, 0.5) is 10.3 Å². The monoisotopic (exact) mass is 353 g/mol. The van der Waals surface area contributed by atoms with Crippen molar-refractivity contribution < 1.29 is 4.39 Å². The normalized spacial score (nSPS) is 22.6. The number of halogens is 2. The molecular weight excluding hydrogens is 337 g/mol. The number of hydrogen-bond acceptors (Lipinski definition) is 4. The molecule has 1 aromatic heterocycles. The predicted molar refractivity (Wildman–Crippen MR) is 83.7 cm³/mol. The Balaban J connectivity index is 1.86. The molecule has 2 heterocycles. The Hall–Kier alpha value is -1.47. The largest absolute Gasteiger partial charge is 0.336 e. The van der Waals surface area contributed by atoms with E-state index in [0.717, 1.165) is 13.1 Å². The van der Waals surface area contributed by atoms with E-state index < -0.39 is 0 Å². The van der Waals surface area contributed by atoms with Crippen molar-refractivity contribution in [1.82, 2.24) is 20.5 Å². The van der Waals surface area contributed by atoms with Gasteiger partial charge in [0, 0.05) is 35.2 Å². The Morgan fingerprint density at radius 3 is 2.62 bits per heavy atom. The molecule has 0 amide bonds. The summed E-state index contributed by atoms with van der Waals surface area (Å²) in [5, 5.41) is 10.6. The Kier molecular flexibility index (Phi) is 3.95. The average molecular weight is 354 g/mol. The molecule has 2 atom stereocenters. The second-order valence-electron chi connectivity index (χ2n) is 5.52. The van der Waals surface area contributed by atoms with Crippen LogP contribution in [-0.2, 0) is 0 Å². The van der Waals surface area contributed by atoms with Gasteiger partial charge in [0.2, 0.25) is 5.95 Å². The first-order valence-corrected chi connectivity index (χ1v) is 7.70. The van der Waals surface area contributed by atoms with Crippen molar-refractivity contribution in [2.75, 3.05) is 18.0 Å². The summed E-state index contributed by atoms with van der Waals surface area (Å²) >= 11 is 3.29. The SMILES string of the molecule is CC1CN(c2n[nH]c(-c3cc(F)cc(Br)c3)n2)CC(C)N1. The van der Waals surface area contributed by atoms with Gasteiger partial charge in [-0.2, -0.15) is 4.98 Å². The number of H-pyrrole nitrogens is 1. The van der Waals surface area contributed by atoms with E-state index in [1.54, 1.807) is 0 Å². The molecule has 0 bridgehead atoms. The maximum Gasteiger partial charge on any atom is 0.245 e. The van der Waals surface area contributed by atoms with Crippen LogP contribution in [-0.4, -0.2) is 40.4 Å². The highest BCUT2D eigenvalue weighted by Gasteiger charge is 2.23. The van der Waals surface area contributed by atoms with Gasteiger partial charge in [-0.25, -0.2) is 4.39 Å². The van der Waals surface area contributed by atoms with Crippen LogP contribution in [0.1, 0.15) is 13.8 Å². The third kappa shape index (κ3) is 3.24. The molecule has 0 spiro atoms. The van der Waals surface area contributed by atoms with Crippen molar-refractivity contribution >= 4 is 21.9 Å². The van der Waals surface area contributed by atoms with Crippen LogP contribution in [0.2, 0.25) is 0 Å². The first kappa shape index (κ1) is 14.5. The number of nitrogens with zero attached hydrogens (tertiary/aromatic N) is 3. The van der Waals surface area contributed by atoms with Gasteiger partial charge in [0.05, 0.1) is 0 Å². The summed E-state index contributed by atoms with van der Waals surface area (Å²) in [6, 6.07) is 5.45. The number of hydrogen-bond donors (Lipinski definition) is 2. The van der Waals surface area contributed by atoms with Gasteiger partial charge >= 0.3 is 0 Å². The lowest BCUT2D eigenvalue weighted by Crippen LogP contribution is -2.54. The number of anilines is 1. The highest BCUT2D eigenvalue weighted by Crippen LogP contribution is 2.23. The molecule has 0 aliphatic carbocycles. The lowest BCUT2D eigenvalue weighted by Gasteiger charge is -2.35. The molecule has 0 radical (unpaired) electrons. The number of aromatic nitrogens is 3. The molecule has 2 unspecified atom stereocenters. The summed E-state index contributed by atoms with van der Waals surface area (Å²) in [4.78, 5) is 6.64. The van der Waals surface area contributed by atoms with Gasteiger partial charge in [-0.15, -0.1) is 5.10 Å². The van der Waals surface area contributed by atoms with Gasteiger partial charge in [-0.3, -0.25) is 5.10 Å². The van der Waals surface area contributed by atoms with E-state index in [-0.39, 0.29) is 5.82 Å². The minimum Gasteiger partial charge on any atom is -0.336 e. The molecule has 2 aromatic rings. The fraction of sp³-hybridized carbons (Fsp3) is 0.429. The Bertz CT molecular complexity index is 614. The van der Waals surface area contributed by atoms with Crippen molar-refractivity contribution in [3.63, 3.8) is 0 Å². The Morgan fingerprint density at radius 2 is 1.95 bits per heavy atom. The maximum absolute atomic E-state index is 13.5. The third-order valence-corrected chi connectivity index (χ3v) is 3.91. The average Bonchev–Trinajstić information content (AvgIpc) is 2.85. The van der Waals surface area contributed by atoms with Crippen molar-refractivity contribution in [2.24, 2.45) is 0 Å². The quantitative estimate of drug-likeness (QED) is 0.871. The Morgan fingerprint density at radius 1 is 1.24 bits per heavy atom. The first-order chi connectivity index (χ1) is 10.0. The van der Waals surface area contributed by atoms with Gasteiger partial charge in [-0.05, 0) is 32.0 Å². The van der Waals surface area contributed by atoms with E-state index in [2.05, 4.69) is 55.2 Å². The van der Waals surface area contributed by atoms with E-state index in [9.17, 15) is 4.39 Å². The summed E-state index contributed by atoms with van der Waals surface area (Å²) in [5.74, 6) is 0.927. The molecule has 5 nitrogen and oxygen atoms in total. The highest BCUT2D eigenvalue weighted by atomic mass is 79.9. The number of aromatic amines is 1. The molecule has 1 fully saturated rings. The van der Waals surface area contributed by atoms with Crippen LogP contribution in [0.5, 0.6) is 0 Å². The second kappa shape index (κ2) is 5.73. The molecule has 1 aliphatic heterocycles. The smallest absolute Gasteiger partial charge is 0.245 e. The molecule has 1 aliphatic rings. The lowest BCUT2D eigenvalue weighted by atomic mass is 10.1. The van der Waals surface area contributed by atoms with Crippen LogP contribution < -0.4 is 10.2 Å². The lowest BCUT2D eigenvalue weighted by molar-refractivity contribution is 0.403. The van der Waals surface area contributed by atoms with E-state index >= 15 is 0 Å². The molecule has 1 aromatic carbocycles. The summed E-state index contributed by atoms with van der Waals surface area (Å²) in [7, 11) is 0.